The first kappa shape index (κ1) is 63.6. The second-order valence-electron chi connectivity index (χ2n) is 15.4. The number of phosphoric ester groups is 1. The monoisotopic (exact) mass is 991 g/mol. The number of phosphoric acid groups is 1. The van der Waals surface area contributed by atoms with E-state index in [1.54, 1.807) is 24.3 Å². The van der Waals surface area contributed by atoms with E-state index in [0.717, 1.165) is 56.7 Å². The van der Waals surface area contributed by atoms with Crippen LogP contribution in [0.2, 0.25) is 0 Å². The molecule has 0 amide bonds. The molecule has 6 atom stereocenters. The molecule has 0 rings (SSSR count). The van der Waals surface area contributed by atoms with E-state index < -0.39 is 81.1 Å². The zero-order chi connectivity index (χ0) is 50.5. The molecule has 0 aromatic rings. The molecular formula is C51H79N2O13PS. The first-order chi connectivity index (χ1) is 32.7. The second-order valence-corrected chi connectivity index (χ2v) is 18.0. The van der Waals surface area contributed by atoms with Crippen LogP contribution in [0.15, 0.2) is 122 Å². The molecule has 0 saturated carbocycles. The Morgan fingerprint density at radius 1 is 0.632 bits per heavy atom. The van der Waals surface area contributed by atoms with Gasteiger partial charge in [-0.05, 0) is 77.0 Å². The van der Waals surface area contributed by atoms with E-state index in [2.05, 4.69) is 79.1 Å². The molecule has 68 heavy (non-hydrogen) atoms. The number of carboxylic acid groups (broad SMARTS) is 2. The molecule has 0 radical (unpaired) electrons. The molecule has 15 nitrogen and oxygen atoms in total. The van der Waals surface area contributed by atoms with Crippen molar-refractivity contribution in [2.24, 2.45) is 11.5 Å². The van der Waals surface area contributed by atoms with Crippen molar-refractivity contribution < 1.29 is 62.5 Å². The minimum atomic E-state index is -4.88. The highest BCUT2D eigenvalue weighted by atomic mass is 32.2. The Labute approximate surface area is 409 Å². The molecule has 0 aliphatic rings. The van der Waals surface area contributed by atoms with E-state index in [9.17, 15) is 33.7 Å². The Hall–Kier alpha value is -4.38. The quantitative estimate of drug-likeness (QED) is 0.0109. The van der Waals surface area contributed by atoms with Crippen molar-refractivity contribution in [3.63, 3.8) is 0 Å². The molecule has 1 unspecified atom stereocenters. The van der Waals surface area contributed by atoms with E-state index >= 15 is 0 Å². The summed E-state index contributed by atoms with van der Waals surface area (Å²) < 4.78 is 32.8. The molecular weight excluding hydrogens is 912 g/mol. The molecule has 0 aliphatic carbocycles. The molecule has 0 saturated heterocycles. The summed E-state index contributed by atoms with van der Waals surface area (Å²) in [5.41, 5.74) is 11.5. The predicted octanol–water partition coefficient (Wildman–Crippen LogP) is 9.70. The number of ether oxygens (including phenoxy) is 2. The van der Waals surface area contributed by atoms with Crippen LogP contribution >= 0.6 is 19.6 Å². The SMILES string of the molecule is CC/C=C\C/C=C\C/C=C\C/C=C\C/C=C\C/C=C\CCC(=O)O[C@H](COC(=O)[C@@H](N)CS[C@H](/C=C/C=C/C=C\C/C=C\CCCCC)[C@@H](O)CCCC(=O)O)COP(=O)(O)OC[C@H](N)C(=O)O. The number of unbranched alkanes of at least 4 members (excludes halogenated alkanes) is 3. The Balaban J connectivity index is 5.32. The summed E-state index contributed by atoms with van der Waals surface area (Å²) in [5, 5.41) is 28.3. The second kappa shape index (κ2) is 43.9. The summed E-state index contributed by atoms with van der Waals surface area (Å²) in [6, 6.07) is -2.83. The lowest BCUT2D eigenvalue weighted by molar-refractivity contribution is -0.161. The summed E-state index contributed by atoms with van der Waals surface area (Å²) in [4.78, 5) is 57.9. The van der Waals surface area contributed by atoms with Crippen molar-refractivity contribution in [2.45, 2.75) is 146 Å². The number of carbonyl (C=O) groups excluding carboxylic acids is 2. The highest BCUT2D eigenvalue weighted by molar-refractivity contribution is 8.00. The van der Waals surface area contributed by atoms with Crippen LogP contribution in [0.4, 0.5) is 0 Å². The topological polar surface area (TPSA) is 255 Å². The van der Waals surface area contributed by atoms with Gasteiger partial charge in [0.25, 0.3) is 0 Å². The smallest absolute Gasteiger partial charge is 0.472 e. The lowest BCUT2D eigenvalue weighted by Gasteiger charge is -2.22. The molecule has 0 fully saturated rings. The third kappa shape index (κ3) is 40.7. The molecule has 0 bridgehead atoms. The summed E-state index contributed by atoms with van der Waals surface area (Å²) >= 11 is 1.16. The van der Waals surface area contributed by atoms with Crippen LogP contribution in [0.5, 0.6) is 0 Å². The minimum absolute atomic E-state index is 0.0194. The highest BCUT2D eigenvalue weighted by Gasteiger charge is 2.29. The van der Waals surface area contributed by atoms with Crippen LogP contribution in [0.1, 0.15) is 117 Å². The van der Waals surface area contributed by atoms with Gasteiger partial charge in [0, 0.05) is 23.8 Å². The van der Waals surface area contributed by atoms with Crippen molar-refractivity contribution in [1.29, 1.82) is 0 Å². The van der Waals surface area contributed by atoms with Crippen molar-refractivity contribution in [1.82, 2.24) is 0 Å². The summed E-state index contributed by atoms with van der Waals surface area (Å²) in [6.45, 7) is 2.05. The van der Waals surface area contributed by atoms with E-state index in [1.807, 2.05) is 36.5 Å². The molecule has 382 valence electrons. The van der Waals surface area contributed by atoms with Crippen molar-refractivity contribution in [2.75, 3.05) is 25.6 Å². The van der Waals surface area contributed by atoms with Crippen LogP contribution < -0.4 is 11.5 Å². The van der Waals surface area contributed by atoms with Gasteiger partial charge in [0.05, 0.1) is 19.3 Å². The third-order valence-electron chi connectivity index (χ3n) is 9.20. The number of allylic oxidation sites excluding steroid dienone is 19. The van der Waals surface area contributed by atoms with Gasteiger partial charge in [-0.15, -0.1) is 11.8 Å². The molecule has 0 heterocycles. The van der Waals surface area contributed by atoms with Gasteiger partial charge in [0.2, 0.25) is 0 Å². The van der Waals surface area contributed by atoms with Crippen LogP contribution in [-0.2, 0) is 42.3 Å². The third-order valence-corrected chi connectivity index (χ3v) is 11.6. The van der Waals surface area contributed by atoms with Gasteiger partial charge in [0.15, 0.2) is 6.10 Å². The molecule has 0 aliphatic heterocycles. The van der Waals surface area contributed by atoms with Crippen LogP contribution in [0.3, 0.4) is 0 Å². The van der Waals surface area contributed by atoms with Gasteiger partial charge < -0.3 is 41.2 Å². The normalized spacial score (nSPS) is 15.9. The van der Waals surface area contributed by atoms with E-state index in [0.29, 0.717) is 12.8 Å². The zero-order valence-electron chi connectivity index (χ0n) is 40.0. The van der Waals surface area contributed by atoms with Crippen molar-refractivity contribution in [3.05, 3.63) is 122 Å². The maximum atomic E-state index is 13.0. The Bertz CT molecular complexity index is 1740. The van der Waals surface area contributed by atoms with Gasteiger partial charge in [0.1, 0.15) is 18.7 Å². The molecule has 0 aromatic heterocycles. The van der Waals surface area contributed by atoms with Crippen molar-refractivity contribution >= 4 is 43.5 Å². The first-order valence-corrected chi connectivity index (χ1v) is 26.0. The molecule has 0 spiro atoms. The summed E-state index contributed by atoms with van der Waals surface area (Å²) in [7, 11) is -4.88. The number of esters is 2. The van der Waals surface area contributed by atoms with Crippen LogP contribution in [0, 0.1) is 0 Å². The van der Waals surface area contributed by atoms with Crippen molar-refractivity contribution in [3.8, 4) is 0 Å². The Morgan fingerprint density at radius 2 is 1.18 bits per heavy atom. The molecule has 17 heteroatoms. The minimum Gasteiger partial charge on any atom is -0.481 e. The maximum absolute atomic E-state index is 13.0. The number of rotatable bonds is 42. The Kier molecular flexibility index (Phi) is 41.0. The fraction of sp³-hybridized carbons (Fsp3) is 0.529. The van der Waals surface area contributed by atoms with E-state index in [-0.39, 0.29) is 31.4 Å². The predicted molar refractivity (Wildman–Crippen MR) is 273 cm³/mol. The fourth-order valence-electron chi connectivity index (χ4n) is 5.41. The Morgan fingerprint density at radius 3 is 1.75 bits per heavy atom. The number of aliphatic hydroxyl groups is 1. The average Bonchev–Trinajstić information content (AvgIpc) is 3.30. The molecule has 0 aromatic carbocycles. The number of carboxylic acids is 2. The average molecular weight is 991 g/mol. The van der Waals surface area contributed by atoms with E-state index in [1.165, 1.54) is 19.3 Å². The van der Waals surface area contributed by atoms with Crippen LogP contribution in [0.25, 0.3) is 0 Å². The van der Waals surface area contributed by atoms with Gasteiger partial charge in [-0.2, -0.15) is 0 Å². The summed E-state index contributed by atoms with van der Waals surface area (Å²) in [6.07, 6.45) is 49.1. The lowest BCUT2D eigenvalue weighted by Crippen LogP contribution is -2.38. The first-order valence-electron chi connectivity index (χ1n) is 23.5. The largest absolute Gasteiger partial charge is 0.481 e. The maximum Gasteiger partial charge on any atom is 0.472 e. The van der Waals surface area contributed by atoms with E-state index in [4.69, 9.17) is 35.7 Å². The number of hydrogen-bond donors (Lipinski definition) is 6. The number of hydrogen-bond acceptors (Lipinski definition) is 13. The fourth-order valence-corrected chi connectivity index (χ4v) is 7.32. The number of aliphatic carboxylic acids is 2. The van der Waals surface area contributed by atoms with Gasteiger partial charge in [-0.25, -0.2) is 4.57 Å². The molecule has 8 N–H and O–H groups in total. The standard InChI is InChI=1S/C51H79N2O13PS/c1-3-5-7-9-11-13-15-17-18-19-20-21-22-23-25-27-29-31-33-38-49(57)66-43(40-64-67(61,62)65-41-44(52)50(58)59)39-63-51(60)45(53)42-68-47(46(54)35-34-37-48(55)56)36-32-30-28-26-24-16-14-12-10-8-6-4-2/h5,7,11-14,17-18,20-21,23-26,28-32,36,43-47,54H,3-4,6,8-10,15-16,19,22,27,33-35,37-42,52-53H2,1-2H3,(H,55,56)(H,58,59)(H,61,62)/b7-5-,13-11-,14-12-,18-17-,21-20-,25-23-,26-24-,30-28+,31-29-,36-32+/t43-,44+,45+,46+,47-/m1/s1. The number of aliphatic hydroxyl groups excluding tert-OH is 1. The zero-order valence-corrected chi connectivity index (χ0v) is 41.8. The summed E-state index contributed by atoms with van der Waals surface area (Å²) in [5.74, 6) is -4.10. The highest BCUT2D eigenvalue weighted by Crippen LogP contribution is 2.43. The van der Waals surface area contributed by atoms with Gasteiger partial charge in [-0.3, -0.25) is 28.2 Å². The lowest BCUT2D eigenvalue weighted by atomic mass is 10.1. The van der Waals surface area contributed by atoms with Gasteiger partial charge in [-0.1, -0.05) is 148 Å². The number of nitrogens with two attached hydrogens (primary N) is 2. The van der Waals surface area contributed by atoms with Crippen LogP contribution in [-0.4, -0.2) is 99.2 Å². The number of carbonyl (C=O) groups is 4. The van der Waals surface area contributed by atoms with Gasteiger partial charge >= 0.3 is 31.7 Å². The number of thioether (sulfide) groups is 1.